The van der Waals surface area contributed by atoms with Crippen LogP contribution in [0.25, 0.3) is 21.8 Å². The lowest BCUT2D eigenvalue weighted by atomic mass is 9.34. The number of methoxy groups -OCH3 is 1. The lowest BCUT2D eigenvalue weighted by Crippen LogP contribution is -2.44. The van der Waals surface area contributed by atoms with Crippen molar-refractivity contribution < 1.29 is 4.74 Å². The molecule has 0 saturated carbocycles. The third kappa shape index (κ3) is 5.20. The quantitative estimate of drug-likeness (QED) is 0.178. The van der Waals surface area contributed by atoms with Crippen LogP contribution in [0, 0.1) is 6.92 Å². The van der Waals surface area contributed by atoms with E-state index in [-0.39, 0.29) is 6.71 Å². The van der Waals surface area contributed by atoms with E-state index in [0.29, 0.717) is 6.61 Å². The van der Waals surface area contributed by atoms with Gasteiger partial charge in [0.2, 0.25) is 6.71 Å². The summed E-state index contributed by atoms with van der Waals surface area (Å²) < 4.78 is 5.62. The van der Waals surface area contributed by atoms with Crippen LogP contribution in [-0.2, 0) is 4.74 Å². The zero-order valence-electron chi connectivity index (χ0n) is 21.0. The predicted molar refractivity (Wildman–Crippen MR) is 156 cm³/mol. The van der Waals surface area contributed by atoms with E-state index in [2.05, 4.69) is 134 Å². The second kappa shape index (κ2) is 11.2. The van der Waals surface area contributed by atoms with Crippen molar-refractivity contribution in [1.29, 1.82) is 0 Å². The van der Waals surface area contributed by atoms with E-state index >= 15 is 0 Å². The number of benzene rings is 5. The summed E-state index contributed by atoms with van der Waals surface area (Å²) >= 11 is 0. The Morgan fingerprint density at radius 1 is 0.611 bits per heavy atom. The minimum atomic E-state index is 0.0834. The van der Waals surface area contributed by atoms with Crippen LogP contribution in [0.4, 0.5) is 0 Å². The minimum Gasteiger partial charge on any atom is -0.384 e. The van der Waals surface area contributed by atoms with Crippen molar-refractivity contribution in [2.45, 2.75) is 13.3 Å². The van der Waals surface area contributed by atoms with Crippen LogP contribution in [0.2, 0.25) is 0 Å². The van der Waals surface area contributed by atoms with E-state index in [1.807, 2.05) is 0 Å². The van der Waals surface area contributed by atoms with E-state index < -0.39 is 0 Å². The maximum absolute atomic E-state index is 5.62. The second-order valence-corrected chi connectivity index (χ2v) is 9.32. The average Bonchev–Trinajstić information content (AvgIpc) is 2.94. The van der Waals surface area contributed by atoms with Gasteiger partial charge in [-0.2, -0.15) is 0 Å². The topological polar surface area (TPSA) is 9.23 Å². The van der Waals surface area contributed by atoms with Crippen molar-refractivity contribution in [3.05, 3.63) is 144 Å². The smallest absolute Gasteiger partial charge is 0.242 e. The van der Waals surface area contributed by atoms with Gasteiger partial charge in [0, 0.05) is 7.11 Å². The zero-order chi connectivity index (χ0) is 24.7. The minimum absolute atomic E-state index is 0.0834. The first kappa shape index (κ1) is 23.8. The van der Waals surface area contributed by atoms with Crippen LogP contribution < -0.4 is 10.9 Å². The monoisotopic (exact) mass is 466 g/mol. The number of rotatable bonds is 8. The summed E-state index contributed by atoms with van der Waals surface area (Å²) in [5, 5.41) is 2.51. The third-order valence-corrected chi connectivity index (χ3v) is 6.90. The van der Waals surface area contributed by atoms with Gasteiger partial charge in [-0.3, -0.25) is 0 Å². The SMILES string of the molecule is COCC/C(=C(\B(c1ccccc1)c1ccc(C)cc1)c1ccc2ccccc2c1)c1ccccc1. The van der Waals surface area contributed by atoms with E-state index in [9.17, 15) is 0 Å². The molecule has 0 fully saturated rings. The summed E-state index contributed by atoms with van der Waals surface area (Å²) in [5.41, 5.74) is 8.99. The van der Waals surface area contributed by atoms with E-state index in [1.165, 1.54) is 49.4 Å². The predicted octanol–water partition coefficient (Wildman–Crippen LogP) is 6.94. The molecule has 0 spiro atoms. The molecule has 5 aromatic rings. The van der Waals surface area contributed by atoms with Crippen molar-refractivity contribution >= 4 is 39.5 Å². The molecular formula is C34H31BO. The maximum atomic E-state index is 5.62. The van der Waals surface area contributed by atoms with Crippen LogP contribution in [0.1, 0.15) is 23.1 Å². The molecule has 0 bridgehead atoms. The van der Waals surface area contributed by atoms with E-state index in [4.69, 9.17) is 4.74 Å². The normalized spacial score (nSPS) is 11.8. The number of aryl methyl sites for hydroxylation is 1. The zero-order valence-corrected chi connectivity index (χ0v) is 21.0. The molecule has 5 rings (SSSR count). The van der Waals surface area contributed by atoms with Gasteiger partial charge in [-0.1, -0.05) is 143 Å². The molecule has 0 aliphatic carbocycles. The molecule has 0 aliphatic rings. The Kier molecular flexibility index (Phi) is 7.45. The first-order valence-electron chi connectivity index (χ1n) is 12.6. The number of fused-ring (bicyclic) bond motifs is 1. The lowest BCUT2D eigenvalue weighted by Gasteiger charge is -2.25. The number of hydrogen-bond acceptors (Lipinski definition) is 1. The molecule has 176 valence electrons. The summed E-state index contributed by atoms with van der Waals surface area (Å²) in [6, 6.07) is 46.2. The molecule has 0 N–H and O–H groups in total. The Morgan fingerprint density at radius 3 is 1.92 bits per heavy atom. The highest BCUT2D eigenvalue weighted by Crippen LogP contribution is 2.33. The molecule has 0 atom stereocenters. The van der Waals surface area contributed by atoms with Crippen LogP contribution in [0.15, 0.2) is 127 Å². The van der Waals surface area contributed by atoms with E-state index in [0.717, 1.165) is 6.42 Å². The third-order valence-electron chi connectivity index (χ3n) is 6.90. The molecule has 0 heterocycles. The molecular weight excluding hydrogens is 435 g/mol. The largest absolute Gasteiger partial charge is 0.384 e. The van der Waals surface area contributed by atoms with Gasteiger partial charge in [0.1, 0.15) is 0 Å². The summed E-state index contributed by atoms with van der Waals surface area (Å²) in [6.45, 7) is 2.89. The van der Waals surface area contributed by atoms with Crippen molar-refractivity contribution in [3.8, 4) is 0 Å². The molecule has 0 radical (unpaired) electrons. The Balaban J connectivity index is 1.85. The molecule has 5 aromatic carbocycles. The Bertz CT molecular complexity index is 1450. The average molecular weight is 466 g/mol. The first-order valence-corrected chi connectivity index (χ1v) is 12.6. The summed E-state index contributed by atoms with van der Waals surface area (Å²) in [6.07, 6.45) is 0.831. The standard InChI is InChI=1S/C34H31BO/c1-26-17-21-32(22-18-26)35(31-15-7-4-8-16-31)34(30-20-19-27-11-9-10-14-29(27)25-30)33(23-24-36-2)28-12-5-3-6-13-28/h3-22,25H,23-24H2,1-2H3/b34-33+. The van der Waals surface area contributed by atoms with Crippen molar-refractivity contribution in [1.82, 2.24) is 0 Å². The number of ether oxygens (including phenoxy) is 1. The Morgan fingerprint density at radius 2 is 1.22 bits per heavy atom. The Labute approximate surface area is 215 Å². The van der Waals surface area contributed by atoms with Crippen molar-refractivity contribution in [3.63, 3.8) is 0 Å². The van der Waals surface area contributed by atoms with Crippen LogP contribution in [-0.4, -0.2) is 20.4 Å². The molecule has 0 aromatic heterocycles. The fourth-order valence-corrected chi connectivity index (χ4v) is 5.08. The van der Waals surface area contributed by atoms with Gasteiger partial charge in [-0.25, -0.2) is 0 Å². The highest BCUT2D eigenvalue weighted by molar-refractivity contribution is 7.00. The second-order valence-electron chi connectivity index (χ2n) is 9.32. The summed E-state index contributed by atoms with van der Waals surface area (Å²) in [7, 11) is 1.78. The summed E-state index contributed by atoms with van der Waals surface area (Å²) in [5.74, 6) is 0. The number of hydrogen-bond donors (Lipinski definition) is 0. The van der Waals surface area contributed by atoms with Gasteiger partial charge in [0.15, 0.2) is 0 Å². The van der Waals surface area contributed by atoms with Crippen LogP contribution >= 0.6 is 0 Å². The molecule has 0 amide bonds. The molecule has 0 aliphatic heterocycles. The van der Waals surface area contributed by atoms with Crippen LogP contribution in [0.5, 0.6) is 0 Å². The highest BCUT2D eigenvalue weighted by Gasteiger charge is 2.28. The van der Waals surface area contributed by atoms with Gasteiger partial charge in [-0.05, 0) is 46.9 Å². The molecule has 36 heavy (non-hydrogen) atoms. The van der Waals surface area contributed by atoms with Crippen LogP contribution in [0.3, 0.4) is 0 Å². The fourth-order valence-electron chi connectivity index (χ4n) is 5.08. The molecule has 1 nitrogen and oxygen atoms in total. The fraction of sp³-hybridized carbons (Fsp3) is 0.118. The summed E-state index contributed by atoms with van der Waals surface area (Å²) in [4.78, 5) is 0. The molecule has 0 saturated heterocycles. The van der Waals surface area contributed by atoms with Gasteiger partial charge in [-0.15, -0.1) is 0 Å². The maximum Gasteiger partial charge on any atom is 0.242 e. The molecule has 2 heteroatoms. The highest BCUT2D eigenvalue weighted by atomic mass is 16.5. The van der Waals surface area contributed by atoms with Crippen molar-refractivity contribution in [2.75, 3.05) is 13.7 Å². The van der Waals surface area contributed by atoms with E-state index in [1.54, 1.807) is 7.11 Å². The first-order chi connectivity index (χ1) is 17.7. The van der Waals surface area contributed by atoms with Gasteiger partial charge in [0.25, 0.3) is 0 Å². The van der Waals surface area contributed by atoms with Crippen molar-refractivity contribution in [2.24, 2.45) is 0 Å². The Hall–Kier alpha value is -3.88. The van der Waals surface area contributed by atoms with Gasteiger partial charge >= 0.3 is 0 Å². The molecule has 0 unspecified atom stereocenters. The lowest BCUT2D eigenvalue weighted by molar-refractivity contribution is 0.206. The van der Waals surface area contributed by atoms with Gasteiger partial charge < -0.3 is 4.74 Å². The van der Waals surface area contributed by atoms with Gasteiger partial charge in [0.05, 0.1) is 6.61 Å².